The fourth-order valence-electron chi connectivity index (χ4n) is 2.68. The van der Waals surface area contributed by atoms with Crippen molar-refractivity contribution in [1.82, 2.24) is 9.55 Å². The maximum Gasteiger partial charge on any atom is 0.358 e. The minimum atomic E-state index is -1.01. The van der Waals surface area contributed by atoms with Gasteiger partial charge in [0.05, 0.1) is 12.2 Å². The molecule has 3 heterocycles. The number of aromatic nitrogens is 2. The van der Waals surface area contributed by atoms with Crippen LogP contribution < -0.4 is 4.90 Å². The average molecular weight is 254 g/mol. The molecule has 0 saturated carbocycles. The molecule has 0 bridgehead atoms. The summed E-state index contributed by atoms with van der Waals surface area (Å²) in [7, 11) is 0. The number of carboxylic acids is 1. The maximum atomic E-state index is 11.3. The first kappa shape index (κ1) is 10.3. The van der Waals surface area contributed by atoms with E-state index in [0.29, 0.717) is 18.9 Å². The zero-order valence-electron chi connectivity index (χ0n) is 9.95. The van der Waals surface area contributed by atoms with Gasteiger partial charge in [0.15, 0.2) is 11.5 Å². The summed E-state index contributed by atoms with van der Waals surface area (Å²) in [6.45, 7) is 1.36. The summed E-state index contributed by atoms with van der Waals surface area (Å²) in [4.78, 5) is 21.7. The van der Waals surface area contributed by atoms with E-state index in [-0.39, 0.29) is 5.69 Å². The first-order valence-electron chi connectivity index (χ1n) is 6.00. The lowest BCUT2D eigenvalue weighted by Crippen LogP contribution is -2.35. The van der Waals surface area contributed by atoms with E-state index in [1.807, 2.05) is 33.7 Å². The number of fused-ring (bicyclic) bond motifs is 6. The van der Waals surface area contributed by atoms with E-state index in [2.05, 4.69) is 9.98 Å². The van der Waals surface area contributed by atoms with Crippen molar-refractivity contribution in [3.8, 4) is 5.69 Å². The van der Waals surface area contributed by atoms with Gasteiger partial charge in [-0.05, 0) is 12.1 Å². The highest BCUT2D eigenvalue weighted by Gasteiger charge is 2.34. The van der Waals surface area contributed by atoms with Crippen molar-refractivity contribution in [2.24, 2.45) is 4.99 Å². The Kier molecular flexibility index (Phi) is 1.87. The number of hydrogen-bond acceptors (Lipinski definition) is 4. The number of nitrogens with zero attached hydrogens (tertiary/aromatic N) is 4. The van der Waals surface area contributed by atoms with Crippen LogP contribution >= 0.6 is 0 Å². The number of carboxylic acid groups (broad SMARTS) is 1. The maximum absolute atomic E-state index is 11.3. The number of benzene rings is 1. The van der Waals surface area contributed by atoms with E-state index in [1.54, 1.807) is 6.33 Å². The summed E-state index contributed by atoms with van der Waals surface area (Å²) in [6.07, 6.45) is 1.56. The van der Waals surface area contributed by atoms with E-state index in [4.69, 9.17) is 0 Å². The van der Waals surface area contributed by atoms with Crippen LogP contribution in [0.3, 0.4) is 0 Å². The quantitative estimate of drug-likeness (QED) is 0.828. The van der Waals surface area contributed by atoms with Gasteiger partial charge in [0.1, 0.15) is 12.2 Å². The van der Waals surface area contributed by atoms with Gasteiger partial charge in [0.25, 0.3) is 0 Å². The molecule has 0 radical (unpaired) electrons. The number of aromatic carboxylic acids is 1. The lowest BCUT2D eigenvalue weighted by Gasteiger charge is -2.29. The minimum absolute atomic E-state index is 0.0732. The highest BCUT2D eigenvalue weighted by Crippen LogP contribution is 2.34. The molecule has 19 heavy (non-hydrogen) atoms. The van der Waals surface area contributed by atoms with Crippen LogP contribution in [0.2, 0.25) is 0 Å². The highest BCUT2D eigenvalue weighted by molar-refractivity contribution is 6.16. The Morgan fingerprint density at radius 2 is 2.16 bits per heavy atom. The molecule has 6 heteroatoms. The molecule has 1 N–H and O–H groups in total. The number of rotatable bonds is 1. The van der Waals surface area contributed by atoms with Gasteiger partial charge >= 0.3 is 5.97 Å². The SMILES string of the molecule is O=C(O)c1ncn2c1N1CCN=C1c1ccccc1-2. The normalized spacial score (nSPS) is 15.6. The second-order valence-electron chi connectivity index (χ2n) is 4.47. The Balaban J connectivity index is 2.07. The lowest BCUT2D eigenvalue weighted by molar-refractivity contribution is 0.0692. The van der Waals surface area contributed by atoms with E-state index in [9.17, 15) is 9.90 Å². The molecule has 2 aromatic rings. The van der Waals surface area contributed by atoms with Gasteiger partial charge in [0, 0.05) is 12.1 Å². The summed E-state index contributed by atoms with van der Waals surface area (Å²) in [6, 6.07) is 7.83. The zero-order chi connectivity index (χ0) is 13.0. The average Bonchev–Trinajstić information content (AvgIpc) is 3.05. The number of anilines is 1. The van der Waals surface area contributed by atoms with Gasteiger partial charge < -0.3 is 10.0 Å². The lowest BCUT2D eigenvalue weighted by atomic mass is 10.1. The largest absolute Gasteiger partial charge is 0.476 e. The van der Waals surface area contributed by atoms with Crippen molar-refractivity contribution >= 4 is 17.6 Å². The second-order valence-corrected chi connectivity index (χ2v) is 4.47. The molecule has 0 amide bonds. The summed E-state index contributed by atoms with van der Waals surface area (Å²) in [5.74, 6) is 0.424. The molecule has 0 atom stereocenters. The fraction of sp³-hybridized carbons (Fsp3) is 0.154. The predicted octanol–water partition coefficient (Wildman–Crippen LogP) is 1.15. The van der Waals surface area contributed by atoms with Crippen LogP contribution in [0, 0.1) is 0 Å². The van der Waals surface area contributed by atoms with Gasteiger partial charge in [-0.3, -0.25) is 9.56 Å². The topological polar surface area (TPSA) is 70.7 Å². The Morgan fingerprint density at radius 1 is 1.32 bits per heavy atom. The van der Waals surface area contributed by atoms with Gasteiger partial charge in [-0.2, -0.15) is 0 Å². The number of aliphatic imine (C=N–C) groups is 1. The van der Waals surface area contributed by atoms with Crippen molar-refractivity contribution < 1.29 is 9.90 Å². The van der Waals surface area contributed by atoms with Crippen molar-refractivity contribution in [2.75, 3.05) is 18.0 Å². The van der Waals surface area contributed by atoms with Crippen molar-refractivity contribution in [2.45, 2.75) is 0 Å². The molecule has 1 aromatic carbocycles. The Bertz CT molecular complexity index is 732. The van der Waals surface area contributed by atoms with Gasteiger partial charge in [-0.1, -0.05) is 12.1 Å². The van der Waals surface area contributed by atoms with Crippen LogP contribution in [0.25, 0.3) is 5.69 Å². The van der Waals surface area contributed by atoms with Crippen LogP contribution in [-0.2, 0) is 0 Å². The van der Waals surface area contributed by atoms with E-state index in [0.717, 1.165) is 17.1 Å². The number of amidine groups is 1. The Hall–Kier alpha value is -2.63. The summed E-state index contributed by atoms with van der Waals surface area (Å²) >= 11 is 0. The molecule has 0 fully saturated rings. The molecule has 0 saturated heterocycles. The zero-order valence-corrected chi connectivity index (χ0v) is 9.95. The summed E-state index contributed by atoms with van der Waals surface area (Å²) < 4.78 is 1.82. The van der Waals surface area contributed by atoms with Crippen molar-refractivity contribution in [1.29, 1.82) is 0 Å². The minimum Gasteiger partial charge on any atom is -0.476 e. The van der Waals surface area contributed by atoms with Crippen LogP contribution in [0.1, 0.15) is 16.1 Å². The number of hydrogen-bond donors (Lipinski definition) is 1. The van der Waals surface area contributed by atoms with E-state index in [1.165, 1.54) is 0 Å². The molecular formula is C13H10N4O2. The van der Waals surface area contributed by atoms with Crippen molar-refractivity contribution in [3.05, 3.63) is 41.9 Å². The van der Waals surface area contributed by atoms with E-state index >= 15 is 0 Å². The third-order valence-electron chi connectivity index (χ3n) is 3.45. The number of para-hydroxylation sites is 1. The van der Waals surface area contributed by atoms with E-state index < -0.39 is 5.97 Å². The molecule has 2 aliphatic heterocycles. The van der Waals surface area contributed by atoms with Crippen LogP contribution in [0.5, 0.6) is 0 Å². The monoisotopic (exact) mass is 254 g/mol. The highest BCUT2D eigenvalue weighted by atomic mass is 16.4. The molecule has 1 aromatic heterocycles. The molecule has 6 nitrogen and oxygen atoms in total. The smallest absolute Gasteiger partial charge is 0.358 e. The summed E-state index contributed by atoms with van der Waals surface area (Å²) in [5.41, 5.74) is 2.01. The first-order valence-corrected chi connectivity index (χ1v) is 6.00. The molecule has 94 valence electrons. The first-order chi connectivity index (χ1) is 9.27. The Morgan fingerprint density at radius 3 is 3.00 bits per heavy atom. The van der Waals surface area contributed by atoms with Gasteiger partial charge in [0.2, 0.25) is 0 Å². The molecule has 2 aliphatic rings. The van der Waals surface area contributed by atoms with Gasteiger partial charge in [-0.25, -0.2) is 9.78 Å². The van der Waals surface area contributed by atoms with Crippen molar-refractivity contribution in [3.63, 3.8) is 0 Å². The van der Waals surface area contributed by atoms with Crippen LogP contribution in [0.4, 0.5) is 5.82 Å². The molecule has 4 rings (SSSR count). The summed E-state index contributed by atoms with van der Waals surface area (Å²) in [5, 5.41) is 9.26. The standard InChI is InChI=1S/C13H10N4O2/c18-13(19)10-12-16-6-5-14-11(16)8-3-1-2-4-9(8)17(12)7-15-10/h1-4,7H,5-6H2,(H,18,19). The molecule has 0 spiro atoms. The van der Waals surface area contributed by atoms with Gasteiger partial charge in [-0.15, -0.1) is 0 Å². The Labute approximate surface area is 108 Å². The van der Waals surface area contributed by atoms with Crippen LogP contribution in [-0.4, -0.2) is 39.6 Å². The third-order valence-corrected chi connectivity index (χ3v) is 3.45. The predicted molar refractivity (Wildman–Crippen MR) is 69.3 cm³/mol. The second kappa shape index (κ2) is 3.44. The number of carbonyl (C=O) groups is 1. The number of imidazole rings is 1. The molecule has 0 unspecified atom stereocenters. The van der Waals surface area contributed by atoms with Crippen LogP contribution in [0.15, 0.2) is 35.6 Å². The fourth-order valence-corrected chi connectivity index (χ4v) is 2.68. The third kappa shape index (κ3) is 1.22. The molecule has 0 aliphatic carbocycles. The molecular weight excluding hydrogens is 244 g/mol.